The van der Waals surface area contributed by atoms with Crippen molar-refractivity contribution < 1.29 is 5.11 Å². The van der Waals surface area contributed by atoms with Crippen LogP contribution in [0.3, 0.4) is 0 Å². The standard InChI is InChI=1S/C10H14N6O/c17-6-7-2-1-3-8(7)11-9-4-5-10-12-14-15-16(10)13-9/h4-5,7-8,17H,1-3,6H2,(H,11,13). The number of rotatable bonds is 3. The molecule has 0 aromatic carbocycles. The summed E-state index contributed by atoms with van der Waals surface area (Å²) in [5.74, 6) is 1.07. The lowest BCUT2D eigenvalue weighted by molar-refractivity contribution is 0.222. The van der Waals surface area contributed by atoms with Gasteiger partial charge in [0.1, 0.15) is 5.82 Å². The molecule has 2 aromatic rings. The summed E-state index contributed by atoms with van der Waals surface area (Å²) in [6.07, 6.45) is 3.29. The topological polar surface area (TPSA) is 88.2 Å². The van der Waals surface area contributed by atoms with Crippen LogP contribution in [-0.2, 0) is 0 Å². The largest absolute Gasteiger partial charge is 0.396 e. The molecule has 1 aliphatic carbocycles. The Bertz CT molecular complexity index is 512. The first-order chi connectivity index (χ1) is 8.36. The van der Waals surface area contributed by atoms with Crippen LogP contribution in [-0.4, -0.2) is 43.0 Å². The monoisotopic (exact) mass is 234 g/mol. The molecule has 17 heavy (non-hydrogen) atoms. The van der Waals surface area contributed by atoms with E-state index in [1.807, 2.05) is 12.1 Å². The van der Waals surface area contributed by atoms with Gasteiger partial charge in [-0.2, -0.15) is 0 Å². The van der Waals surface area contributed by atoms with Crippen LogP contribution in [0, 0.1) is 5.92 Å². The van der Waals surface area contributed by atoms with Crippen LogP contribution in [0.1, 0.15) is 19.3 Å². The van der Waals surface area contributed by atoms with E-state index in [1.165, 1.54) is 4.63 Å². The number of nitrogens with zero attached hydrogens (tertiary/aromatic N) is 5. The minimum atomic E-state index is 0.227. The highest BCUT2D eigenvalue weighted by molar-refractivity contribution is 5.42. The zero-order valence-corrected chi connectivity index (χ0v) is 9.32. The number of hydrogen-bond donors (Lipinski definition) is 2. The molecule has 3 rings (SSSR count). The van der Waals surface area contributed by atoms with Crippen LogP contribution in [0.25, 0.3) is 5.65 Å². The molecule has 90 valence electrons. The molecule has 0 radical (unpaired) electrons. The van der Waals surface area contributed by atoms with Crippen LogP contribution in [0.15, 0.2) is 12.1 Å². The number of fused-ring (bicyclic) bond motifs is 1. The Morgan fingerprint density at radius 3 is 3.24 bits per heavy atom. The van der Waals surface area contributed by atoms with Crippen LogP contribution in [0.4, 0.5) is 5.82 Å². The maximum atomic E-state index is 9.26. The van der Waals surface area contributed by atoms with Gasteiger partial charge in [-0.3, -0.25) is 0 Å². The highest BCUT2D eigenvalue weighted by atomic mass is 16.3. The Kier molecular flexibility index (Phi) is 2.60. The SMILES string of the molecule is OCC1CCCC1Nc1ccc2nnnn2n1. The summed E-state index contributed by atoms with van der Waals surface area (Å²) in [4.78, 5) is 0. The summed E-state index contributed by atoms with van der Waals surface area (Å²) in [6.45, 7) is 0.227. The molecule has 0 aliphatic heterocycles. The van der Waals surface area contributed by atoms with Gasteiger partial charge in [0.05, 0.1) is 0 Å². The smallest absolute Gasteiger partial charge is 0.200 e. The van der Waals surface area contributed by atoms with Gasteiger partial charge in [-0.15, -0.1) is 14.8 Å². The van der Waals surface area contributed by atoms with Crippen molar-refractivity contribution in [2.24, 2.45) is 5.92 Å². The first-order valence-electron chi connectivity index (χ1n) is 5.79. The van der Waals surface area contributed by atoms with Crippen molar-refractivity contribution in [2.75, 3.05) is 11.9 Å². The molecule has 1 saturated carbocycles. The molecule has 0 saturated heterocycles. The van der Waals surface area contributed by atoms with E-state index in [9.17, 15) is 5.11 Å². The normalized spacial score (nSPS) is 24.3. The van der Waals surface area contributed by atoms with E-state index < -0.39 is 0 Å². The van der Waals surface area contributed by atoms with Gasteiger partial charge in [0, 0.05) is 18.6 Å². The number of anilines is 1. The summed E-state index contributed by atoms with van der Waals surface area (Å²) >= 11 is 0. The van der Waals surface area contributed by atoms with Gasteiger partial charge in [0.25, 0.3) is 0 Å². The third kappa shape index (κ3) is 1.93. The lowest BCUT2D eigenvalue weighted by Gasteiger charge is -2.19. The fourth-order valence-electron chi connectivity index (χ4n) is 2.36. The minimum absolute atomic E-state index is 0.227. The van der Waals surface area contributed by atoms with E-state index in [0.717, 1.165) is 25.1 Å². The molecule has 1 aliphatic rings. The van der Waals surface area contributed by atoms with Crippen molar-refractivity contribution in [3.63, 3.8) is 0 Å². The van der Waals surface area contributed by atoms with Crippen molar-refractivity contribution in [1.82, 2.24) is 25.3 Å². The second-order valence-corrected chi connectivity index (χ2v) is 4.37. The molecular formula is C10H14N6O. The Labute approximate surface area is 97.8 Å². The van der Waals surface area contributed by atoms with E-state index in [4.69, 9.17) is 0 Å². The van der Waals surface area contributed by atoms with Crippen LogP contribution >= 0.6 is 0 Å². The number of tetrazole rings is 1. The van der Waals surface area contributed by atoms with Gasteiger partial charge >= 0.3 is 0 Å². The highest BCUT2D eigenvalue weighted by Gasteiger charge is 2.26. The van der Waals surface area contributed by atoms with E-state index in [1.54, 1.807) is 0 Å². The number of nitrogens with one attached hydrogen (secondary N) is 1. The third-order valence-electron chi connectivity index (χ3n) is 3.30. The van der Waals surface area contributed by atoms with Crippen LogP contribution < -0.4 is 5.32 Å². The van der Waals surface area contributed by atoms with Crippen molar-refractivity contribution in [1.29, 1.82) is 0 Å². The lowest BCUT2D eigenvalue weighted by Crippen LogP contribution is -2.27. The summed E-state index contributed by atoms with van der Waals surface area (Å²) in [5, 5.41) is 27.9. The molecule has 2 atom stereocenters. The average Bonchev–Trinajstić information content (AvgIpc) is 2.96. The summed E-state index contributed by atoms with van der Waals surface area (Å²) in [6, 6.07) is 3.97. The maximum Gasteiger partial charge on any atom is 0.200 e. The molecule has 2 unspecified atom stereocenters. The zero-order valence-electron chi connectivity index (χ0n) is 9.32. The molecule has 2 heterocycles. The minimum Gasteiger partial charge on any atom is -0.396 e. The molecule has 0 amide bonds. The number of aliphatic hydroxyl groups excluding tert-OH is 1. The van der Waals surface area contributed by atoms with Gasteiger partial charge in [0.15, 0.2) is 5.65 Å². The predicted molar refractivity (Wildman–Crippen MR) is 60.4 cm³/mol. The first-order valence-corrected chi connectivity index (χ1v) is 5.79. The van der Waals surface area contributed by atoms with Crippen molar-refractivity contribution in [3.8, 4) is 0 Å². The first kappa shape index (κ1) is 10.4. The second-order valence-electron chi connectivity index (χ2n) is 4.37. The van der Waals surface area contributed by atoms with Crippen molar-refractivity contribution in [2.45, 2.75) is 25.3 Å². The molecule has 2 N–H and O–H groups in total. The molecule has 0 spiro atoms. The number of hydrogen-bond acceptors (Lipinski definition) is 6. The van der Waals surface area contributed by atoms with E-state index >= 15 is 0 Å². The Morgan fingerprint density at radius 2 is 2.35 bits per heavy atom. The zero-order chi connectivity index (χ0) is 11.7. The fraction of sp³-hybridized carbons (Fsp3) is 0.600. The quantitative estimate of drug-likeness (QED) is 0.782. The number of aromatic nitrogens is 5. The maximum absolute atomic E-state index is 9.26. The predicted octanol–water partition coefficient (Wildman–Crippen LogP) is 0.0922. The van der Waals surface area contributed by atoms with E-state index in [2.05, 4.69) is 25.9 Å². The van der Waals surface area contributed by atoms with Crippen LogP contribution in [0.5, 0.6) is 0 Å². The van der Waals surface area contributed by atoms with Crippen LogP contribution in [0.2, 0.25) is 0 Å². The average molecular weight is 234 g/mol. The van der Waals surface area contributed by atoms with Crippen molar-refractivity contribution in [3.05, 3.63) is 12.1 Å². The Balaban J connectivity index is 1.79. The lowest BCUT2D eigenvalue weighted by atomic mass is 10.1. The number of aliphatic hydroxyl groups is 1. The van der Waals surface area contributed by atoms with Gasteiger partial charge < -0.3 is 10.4 Å². The van der Waals surface area contributed by atoms with Crippen molar-refractivity contribution >= 4 is 11.5 Å². The molecule has 1 fully saturated rings. The molecule has 7 nitrogen and oxygen atoms in total. The van der Waals surface area contributed by atoms with E-state index in [-0.39, 0.29) is 6.61 Å². The van der Waals surface area contributed by atoms with Gasteiger partial charge in [-0.1, -0.05) is 6.42 Å². The Hall–Kier alpha value is -1.76. The third-order valence-corrected chi connectivity index (χ3v) is 3.30. The molecule has 2 aromatic heterocycles. The molecule has 7 heteroatoms. The Morgan fingerprint density at radius 1 is 1.41 bits per heavy atom. The van der Waals surface area contributed by atoms with Gasteiger partial charge in [-0.25, -0.2) is 0 Å². The summed E-state index contributed by atoms with van der Waals surface area (Å²) in [7, 11) is 0. The summed E-state index contributed by atoms with van der Waals surface area (Å²) in [5.41, 5.74) is 0.626. The fourth-order valence-corrected chi connectivity index (χ4v) is 2.36. The van der Waals surface area contributed by atoms with Gasteiger partial charge in [0.2, 0.25) is 0 Å². The molecular weight excluding hydrogens is 220 g/mol. The highest BCUT2D eigenvalue weighted by Crippen LogP contribution is 2.27. The van der Waals surface area contributed by atoms with E-state index in [0.29, 0.717) is 17.6 Å². The van der Waals surface area contributed by atoms with Gasteiger partial charge in [-0.05, 0) is 35.4 Å². The molecule has 0 bridgehead atoms. The summed E-state index contributed by atoms with van der Waals surface area (Å²) < 4.78 is 1.39. The second kappa shape index (κ2) is 4.25.